The van der Waals surface area contributed by atoms with Crippen molar-refractivity contribution >= 4 is 6.09 Å². The molecule has 12 heavy (non-hydrogen) atoms. The number of ether oxygens (including phenoxy) is 1. The second kappa shape index (κ2) is 4.80. The first kappa shape index (κ1) is 9.10. The Bertz CT molecular complexity index is 162. The Hall–Kier alpha value is -0.990. The largest absolute Gasteiger partial charge is 0.445 e. The van der Waals surface area contributed by atoms with Crippen LogP contribution in [0.2, 0.25) is 0 Å². The number of carbonyl (C=O) groups excluding carboxylic acids is 1. The molecule has 1 heterocycles. The summed E-state index contributed by atoms with van der Waals surface area (Å²) in [6.45, 7) is 5.48. The van der Waals surface area contributed by atoms with Crippen molar-refractivity contribution < 1.29 is 9.53 Å². The maximum Gasteiger partial charge on any atom is 0.410 e. The van der Waals surface area contributed by atoms with Gasteiger partial charge in [-0.05, 0) is 19.3 Å². The molecule has 68 valence electrons. The Labute approximate surface area is 73.0 Å². The Balaban J connectivity index is 2.24. The van der Waals surface area contributed by atoms with E-state index in [0.29, 0.717) is 6.61 Å². The summed E-state index contributed by atoms with van der Waals surface area (Å²) in [5.74, 6) is 0. The summed E-state index contributed by atoms with van der Waals surface area (Å²) in [4.78, 5) is 13.0. The fraction of sp³-hybridized carbons (Fsp3) is 0.667. The van der Waals surface area contributed by atoms with Crippen LogP contribution in [0.4, 0.5) is 4.79 Å². The number of piperidine rings is 1. The lowest BCUT2D eigenvalue weighted by Crippen LogP contribution is -2.36. The summed E-state index contributed by atoms with van der Waals surface area (Å²) in [6, 6.07) is 0. The van der Waals surface area contributed by atoms with Crippen LogP contribution in [0.1, 0.15) is 19.3 Å². The van der Waals surface area contributed by atoms with Gasteiger partial charge >= 0.3 is 6.09 Å². The minimum absolute atomic E-state index is 0.199. The molecule has 0 aliphatic carbocycles. The van der Waals surface area contributed by atoms with Crippen LogP contribution in [0.5, 0.6) is 0 Å². The smallest absolute Gasteiger partial charge is 0.410 e. The van der Waals surface area contributed by atoms with Crippen LogP contribution >= 0.6 is 0 Å². The molecule has 1 fully saturated rings. The van der Waals surface area contributed by atoms with Crippen molar-refractivity contribution in [3.8, 4) is 0 Å². The molecule has 0 aromatic carbocycles. The molecule has 0 saturated carbocycles. The molecule has 1 saturated heterocycles. The zero-order valence-electron chi connectivity index (χ0n) is 7.29. The highest BCUT2D eigenvalue weighted by atomic mass is 16.6. The molecule has 0 atom stereocenters. The van der Waals surface area contributed by atoms with Gasteiger partial charge in [0.15, 0.2) is 0 Å². The predicted molar refractivity (Wildman–Crippen MR) is 47.0 cm³/mol. The maximum atomic E-state index is 11.2. The van der Waals surface area contributed by atoms with Crippen LogP contribution in [0.15, 0.2) is 12.7 Å². The zero-order chi connectivity index (χ0) is 8.81. The van der Waals surface area contributed by atoms with E-state index in [-0.39, 0.29) is 6.09 Å². The first-order valence-electron chi connectivity index (χ1n) is 4.37. The van der Waals surface area contributed by atoms with Gasteiger partial charge in [0.05, 0.1) is 0 Å². The van der Waals surface area contributed by atoms with Crippen LogP contribution < -0.4 is 0 Å². The Morgan fingerprint density at radius 1 is 1.42 bits per heavy atom. The van der Waals surface area contributed by atoms with E-state index in [4.69, 9.17) is 4.74 Å². The Morgan fingerprint density at radius 3 is 2.67 bits per heavy atom. The zero-order valence-corrected chi connectivity index (χ0v) is 7.29. The highest BCUT2D eigenvalue weighted by Gasteiger charge is 2.16. The summed E-state index contributed by atoms with van der Waals surface area (Å²) < 4.78 is 4.90. The van der Waals surface area contributed by atoms with Crippen molar-refractivity contribution in [1.29, 1.82) is 0 Å². The van der Waals surface area contributed by atoms with Crippen LogP contribution in [0.25, 0.3) is 0 Å². The monoisotopic (exact) mass is 169 g/mol. The van der Waals surface area contributed by atoms with E-state index in [1.807, 2.05) is 0 Å². The number of hydrogen-bond acceptors (Lipinski definition) is 2. The van der Waals surface area contributed by atoms with E-state index in [1.165, 1.54) is 6.42 Å². The van der Waals surface area contributed by atoms with Crippen molar-refractivity contribution in [2.75, 3.05) is 19.7 Å². The van der Waals surface area contributed by atoms with Crippen molar-refractivity contribution in [3.63, 3.8) is 0 Å². The molecule has 1 aliphatic heterocycles. The summed E-state index contributed by atoms with van der Waals surface area (Å²) in [5.41, 5.74) is 0. The van der Waals surface area contributed by atoms with Crippen LogP contribution in [0.3, 0.4) is 0 Å². The van der Waals surface area contributed by atoms with Gasteiger partial charge in [-0.1, -0.05) is 12.7 Å². The van der Waals surface area contributed by atoms with E-state index >= 15 is 0 Å². The fourth-order valence-corrected chi connectivity index (χ4v) is 1.30. The molecule has 0 unspecified atom stereocenters. The van der Waals surface area contributed by atoms with Gasteiger partial charge in [-0.15, -0.1) is 0 Å². The molecule has 0 radical (unpaired) electrons. The number of rotatable bonds is 2. The van der Waals surface area contributed by atoms with Crippen LogP contribution in [0, 0.1) is 0 Å². The standard InChI is InChI=1S/C9H15NO2/c1-2-8-12-9(11)10-6-4-3-5-7-10/h2H,1,3-8H2. The highest BCUT2D eigenvalue weighted by Crippen LogP contribution is 2.09. The second-order valence-electron chi connectivity index (χ2n) is 2.91. The lowest BCUT2D eigenvalue weighted by atomic mass is 10.1. The molecule has 0 aromatic rings. The summed E-state index contributed by atoms with van der Waals surface area (Å²) in [6.07, 6.45) is 4.81. The van der Waals surface area contributed by atoms with Crippen molar-refractivity contribution in [2.45, 2.75) is 19.3 Å². The van der Waals surface area contributed by atoms with Crippen molar-refractivity contribution in [1.82, 2.24) is 4.90 Å². The molecular formula is C9H15NO2. The SMILES string of the molecule is C=CCOC(=O)N1CCCCC1. The molecule has 0 bridgehead atoms. The molecular weight excluding hydrogens is 154 g/mol. The average molecular weight is 169 g/mol. The van der Waals surface area contributed by atoms with Gasteiger partial charge < -0.3 is 9.64 Å². The third kappa shape index (κ3) is 2.57. The van der Waals surface area contributed by atoms with Crippen LogP contribution in [-0.2, 0) is 4.74 Å². The summed E-state index contributed by atoms with van der Waals surface area (Å²) in [7, 11) is 0. The summed E-state index contributed by atoms with van der Waals surface area (Å²) >= 11 is 0. The number of hydrogen-bond donors (Lipinski definition) is 0. The number of amides is 1. The van der Waals surface area contributed by atoms with Crippen molar-refractivity contribution in [3.05, 3.63) is 12.7 Å². The molecule has 3 nitrogen and oxygen atoms in total. The fourth-order valence-electron chi connectivity index (χ4n) is 1.30. The lowest BCUT2D eigenvalue weighted by Gasteiger charge is -2.25. The third-order valence-electron chi connectivity index (χ3n) is 1.94. The summed E-state index contributed by atoms with van der Waals surface area (Å²) in [5, 5.41) is 0. The molecule has 0 N–H and O–H groups in total. The third-order valence-corrected chi connectivity index (χ3v) is 1.94. The van der Waals surface area contributed by atoms with Crippen LogP contribution in [-0.4, -0.2) is 30.7 Å². The topological polar surface area (TPSA) is 29.5 Å². The van der Waals surface area contributed by atoms with Gasteiger partial charge in [0, 0.05) is 13.1 Å². The minimum Gasteiger partial charge on any atom is -0.445 e. The Kier molecular flexibility index (Phi) is 3.64. The van der Waals surface area contributed by atoms with E-state index in [0.717, 1.165) is 25.9 Å². The van der Waals surface area contributed by atoms with Gasteiger partial charge in [-0.25, -0.2) is 4.79 Å². The minimum atomic E-state index is -0.199. The highest BCUT2D eigenvalue weighted by molar-refractivity contribution is 5.67. The first-order valence-corrected chi connectivity index (χ1v) is 4.37. The quantitative estimate of drug-likeness (QED) is 0.590. The number of nitrogens with zero attached hydrogens (tertiary/aromatic N) is 1. The molecule has 1 rings (SSSR count). The number of carbonyl (C=O) groups is 1. The van der Waals surface area contributed by atoms with E-state index in [9.17, 15) is 4.79 Å². The van der Waals surface area contributed by atoms with Gasteiger partial charge in [0.25, 0.3) is 0 Å². The predicted octanol–water partition coefficient (Wildman–Crippen LogP) is 1.79. The van der Waals surface area contributed by atoms with E-state index < -0.39 is 0 Å². The maximum absolute atomic E-state index is 11.2. The van der Waals surface area contributed by atoms with Gasteiger partial charge in [0.1, 0.15) is 6.61 Å². The molecule has 1 aliphatic rings. The van der Waals surface area contributed by atoms with E-state index in [1.54, 1.807) is 11.0 Å². The molecule has 0 aromatic heterocycles. The Morgan fingerprint density at radius 2 is 2.08 bits per heavy atom. The molecule has 3 heteroatoms. The lowest BCUT2D eigenvalue weighted by molar-refractivity contribution is 0.105. The second-order valence-corrected chi connectivity index (χ2v) is 2.91. The normalized spacial score (nSPS) is 17.2. The number of likely N-dealkylation sites (tertiary alicyclic amines) is 1. The van der Waals surface area contributed by atoms with Crippen molar-refractivity contribution in [2.24, 2.45) is 0 Å². The van der Waals surface area contributed by atoms with Gasteiger partial charge in [0.2, 0.25) is 0 Å². The van der Waals surface area contributed by atoms with Gasteiger partial charge in [-0.3, -0.25) is 0 Å². The molecule has 0 spiro atoms. The molecule has 1 amide bonds. The van der Waals surface area contributed by atoms with Gasteiger partial charge in [-0.2, -0.15) is 0 Å². The average Bonchev–Trinajstić information content (AvgIpc) is 2.15. The first-order chi connectivity index (χ1) is 5.84. The van der Waals surface area contributed by atoms with E-state index in [2.05, 4.69) is 6.58 Å².